The van der Waals surface area contributed by atoms with Crippen LogP contribution < -0.4 is 16.6 Å². The van der Waals surface area contributed by atoms with Gasteiger partial charge in [-0.1, -0.05) is 0 Å². The van der Waals surface area contributed by atoms with Gasteiger partial charge in [0.15, 0.2) is 0 Å². The second-order valence-electron chi connectivity index (χ2n) is 4.83. The smallest absolute Gasteiger partial charge is 0.251 e. The number of pyridine rings is 1. The first kappa shape index (κ1) is 13.4. The maximum Gasteiger partial charge on any atom is 0.251 e. The van der Waals surface area contributed by atoms with Crippen LogP contribution >= 0.6 is 0 Å². The summed E-state index contributed by atoms with van der Waals surface area (Å²) in [6.45, 7) is 5.51. The molecule has 17 heavy (non-hydrogen) atoms. The highest BCUT2D eigenvalue weighted by Crippen LogP contribution is 2.08. The fourth-order valence-electron chi connectivity index (χ4n) is 1.17. The molecule has 1 unspecified atom stereocenters. The third kappa shape index (κ3) is 3.17. The largest absolute Gasteiger partial charge is 0.346 e. The first-order valence-corrected chi connectivity index (χ1v) is 5.49. The van der Waals surface area contributed by atoms with E-state index in [-0.39, 0.29) is 17.5 Å². The average Bonchev–Trinajstić information content (AvgIpc) is 2.21. The summed E-state index contributed by atoms with van der Waals surface area (Å²) >= 11 is 0. The molecule has 1 aromatic heterocycles. The van der Waals surface area contributed by atoms with Crippen LogP contribution in [0.15, 0.2) is 23.1 Å². The van der Waals surface area contributed by atoms with Gasteiger partial charge in [0, 0.05) is 36.5 Å². The molecule has 1 heterocycles. The molecule has 1 atom stereocenters. The van der Waals surface area contributed by atoms with E-state index in [1.165, 1.54) is 10.6 Å². The monoisotopic (exact) mass is 237 g/mol. The molecule has 1 rings (SSSR count). The van der Waals surface area contributed by atoms with Crippen LogP contribution in [0.1, 0.15) is 31.1 Å². The van der Waals surface area contributed by atoms with Gasteiger partial charge >= 0.3 is 0 Å². The van der Waals surface area contributed by atoms with Crippen molar-refractivity contribution in [1.82, 2.24) is 9.88 Å². The molecular weight excluding hydrogens is 218 g/mol. The first-order valence-electron chi connectivity index (χ1n) is 5.49. The lowest BCUT2D eigenvalue weighted by atomic mass is 9.96. The highest BCUT2D eigenvalue weighted by atomic mass is 16.2. The van der Waals surface area contributed by atoms with E-state index in [2.05, 4.69) is 5.32 Å². The predicted octanol–water partition coefficient (Wildman–Crippen LogP) is 0.241. The summed E-state index contributed by atoms with van der Waals surface area (Å²) in [6, 6.07) is 2.73. The number of hydrogen-bond acceptors (Lipinski definition) is 3. The molecule has 0 aliphatic carbocycles. The molecule has 5 heteroatoms. The predicted molar refractivity (Wildman–Crippen MR) is 66.9 cm³/mol. The van der Waals surface area contributed by atoms with E-state index in [4.69, 9.17) is 5.73 Å². The second kappa shape index (κ2) is 4.71. The lowest BCUT2D eigenvalue weighted by molar-refractivity contribution is 0.0903. The maximum atomic E-state index is 11.9. The molecule has 0 aromatic carbocycles. The summed E-state index contributed by atoms with van der Waals surface area (Å²) in [7, 11) is 1.63. The van der Waals surface area contributed by atoms with E-state index in [9.17, 15) is 9.59 Å². The first-order chi connectivity index (χ1) is 7.74. The van der Waals surface area contributed by atoms with Gasteiger partial charge in [0.2, 0.25) is 0 Å². The van der Waals surface area contributed by atoms with Crippen LogP contribution in [0, 0.1) is 0 Å². The molecule has 0 bridgehead atoms. The van der Waals surface area contributed by atoms with Crippen LogP contribution in [0.2, 0.25) is 0 Å². The number of aryl methyl sites for hydroxylation is 1. The summed E-state index contributed by atoms with van der Waals surface area (Å²) in [5.74, 6) is -0.287. The van der Waals surface area contributed by atoms with Crippen molar-refractivity contribution in [1.29, 1.82) is 0 Å². The molecule has 1 amide bonds. The van der Waals surface area contributed by atoms with E-state index in [1.54, 1.807) is 19.3 Å². The van der Waals surface area contributed by atoms with Gasteiger partial charge in [0.05, 0.1) is 0 Å². The van der Waals surface area contributed by atoms with Gasteiger partial charge in [-0.2, -0.15) is 0 Å². The van der Waals surface area contributed by atoms with Crippen LogP contribution in [0.3, 0.4) is 0 Å². The maximum absolute atomic E-state index is 11.9. The molecule has 0 spiro atoms. The van der Waals surface area contributed by atoms with Gasteiger partial charge in [-0.3, -0.25) is 9.59 Å². The van der Waals surface area contributed by atoms with Crippen LogP contribution in [-0.2, 0) is 7.05 Å². The summed E-state index contributed by atoms with van der Waals surface area (Å²) in [5.41, 5.74) is 5.39. The number of nitrogens with zero attached hydrogens (tertiary/aromatic N) is 1. The number of carbonyl (C=O) groups is 1. The Hall–Kier alpha value is -1.62. The molecular formula is C12H19N3O2. The van der Waals surface area contributed by atoms with E-state index in [1.807, 2.05) is 20.8 Å². The highest BCUT2D eigenvalue weighted by Gasteiger charge is 2.25. The Balaban J connectivity index is 2.91. The number of aromatic nitrogens is 1. The Morgan fingerprint density at radius 2 is 2.12 bits per heavy atom. The molecule has 3 N–H and O–H groups in total. The minimum atomic E-state index is -0.516. The Kier molecular flexibility index (Phi) is 3.72. The molecule has 0 radical (unpaired) electrons. The summed E-state index contributed by atoms with van der Waals surface area (Å²) in [4.78, 5) is 23.3. The highest BCUT2D eigenvalue weighted by molar-refractivity contribution is 5.94. The topological polar surface area (TPSA) is 77.1 Å². The van der Waals surface area contributed by atoms with Crippen LogP contribution in [0.5, 0.6) is 0 Å². The summed E-state index contributed by atoms with van der Waals surface area (Å²) < 4.78 is 1.41. The number of rotatable bonds is 3. The van der Waals surface area contributed by atoms with Crippen molar-refractivity contribution in [2.24, 2.45) is 12.8 Å². The van der Waals surface area contributed by atoms with Gasteiger partial charge in [0.25, 0.3) is 11.5 Å². The van der Waals surface area contributed by atoms with Gasteiger partial charge in [-0.05, 0) is 26.8 Å². The Labute approximate surface area is 101 Å². The molecule has 0 aliphatic rings. The van der Waals surface area contributed by atoms with Crippen molar-refractivity contribution in [2.75, 3.05) is 0 Å². The van der Waals surface area contributed by atoms with Crippen molar-refractivity contribution in [3.8, 4) is 0 Å². The molecule has 0 fully saturated rings. The van der Waals surface area contributed by atoms with Crippen molar-refractivity contribution < 1.29 is 4.79 Å². The molecule has 0 aliphatic heterocycles. The standard InChI is InChI=1S/C12H19N3O2/c1-8(13)12(2,3)14-11(17)9-5-6-15(4)10(16)7-9/h5-8H,13H2,1-4H3,(H,14,17). The molecule has 0 saturated carbocycles. The van der Waals surface area contributed by atoms with Crippen molar-refractivity contribution >= 4 is 5.91 Å². The number of nitrogens with two attached hydrogens (primary N) is 1. The van der Waals surface area contributed by atoms with Crippen molar-refractivity contribution in [2.45, 2.75) is 32.4 Å². The van der Waals surface area contributed by atoms with Gasteiger partial charge in [-0.15, -0.1) is 0 Å². The zero-order valence-corrected chi connectivity index (χ0v) is 10.7. The van der Waals surface area contributed by atoms with Crippen molar-refractivity contribution in [3.05, 3.63) is 34.2 Å². The van der Waals surface area contributed by atoms with E-state index in [0.29, 0.717) is 5.56 Å². The van der Waals surface area contributed by atoms with Crippen LogP contribution in [-0.4, -0.2) is 22.1 Å². The summed E-state index contributed by atoms with van der Waals surface area (Å²) in [5, 5.41) is 2.81. The second-order valence-corrected chi connectivity index (χ2v) is 4.83. The fraction of sp³-hybridized carbons (Fsp3) is 0.500. The molecule has 0 saturated heterocycles. The zero-order valence-electron chi connectivity index (χ0n) is 10.7. The number of nitrogens with one attached hydrogen (secondary N) is 1. The SMILES string of the molecule is CC(N)C(C)(C)NC(=O)c1ccn(C)c(=O)c1. The minimum Gasteiger partial charge on any atom is -0.346 e. The van der Waals surface area contributed by atoms with Crippen LogP contribution in [0.4, 0.5) is 0 Å². The van der Waals surface area contributed by atoms with E-state index < -0.39 is 5.54 Å². The number of amides is 1. The third-order valence-corrected chi connectivity index (χ3v) is 2.94. The van der Waals surface area contributed by atoms with Gasteiger partial charge in [-0.25, -0.2) is 0 Å². The lowest BCUT2D eigenvalue weighted by Crippen LogP contribution is -2.54. The zero-order chi connectivity index (χ0) is 13.2. The molecule has 5 nitrogen and oxygen atoms in total. The number of hydrogen-bond donors (Lipinski definition) is 2. The Morgan fingerprint density at radius 3 is 2.59 bits per heavy atom. The minimum absolute atomic E-state index is 0.182. The normalized spacial score (nSPS) is 13.2. The lowest BCUT2D eigenvalue weighted by Gasteiger charge is -2.30. The summed E-state index contributed by atoms with van der Waals surface area (Å²) in [6.07, 6.45) is 1.57. The Morgan fingerprint density at radius 1 is 1.53 bits per heavy atom. The fourth-order valence-corrected chi connectivity index (χ4v) is 1.17. The van der Waals surface area contributed by atoms with Crippen molar-refractivity contribution in [3.63, 3.8) is 0 Å². The number of carbonyl (C=O) groups excluding carboxylic acids is 1. The molecule has 1 aromatic rings. The average molecular weight is 237 g/mol. The molecule has 94 valence electrons. The third-order valence-electron chi connectivity index (χ3n) is 2.94. The quantitative estimate of drug-likeness (QED) is 0.790. The van der Waals surface area contributed by atoms with Crippen LogP contribution in [0.25, 0.3) is 0 Å². The van der Waals surface area contributed by atoms with E-state index in [0.717, 1.165) is 0 Å². The van der Waals surface area contributed by atoms with Gasteiger partial charge < -0.3 is 15.6 Å². The Bertz CT molecular complexity index is 475. The van der Waals surface area contributed by atoms with Gasteiger partial charge in [0.1, 0.15) is 0 Å². The van der Waals surface area contributed by atoms with E-state index >= 15 is 0 Å².